The average molecular weight is 284 g/mol. The van der Waals surface area contributed by atoms with Crippen LogP contribution in [0, 0.1) is 0 Å². The van der Waals surface area contributed by atoms with E-state index in [1.807, 2.05) is 30.3 Å². The predicted molar refractivity (Wildman–Crippen MR) is 80.6 cm³/mol. The molecule has 0 aliphatic rings. The van der Waals surface area contributed by atoms with Crippen LogP contribution in [0.2, 0.25) is 0 Å². The van der Waals surface area contributed by atoms with Gasteiger partial charge in [-0.25, -0.2) is 4.98 Å². The first kappa shape index (κ1) is 12.7. The van der Waals surface area contributed by atoms with Crippen LogP contribution in [0.4, 0.5) is 5.69 Å². The van der Waals surface area contributed by atoms with E-state index in [0.717, 1.165) is 15.9 Å². The van der Waals surface area contributed by atoms with Crippen molar-refractivity contribution in [3.8, 4) is 0 Å². The number of rotatable bonds is 3. The topological polar surface area (TPSA) is 84.7 Å². The van der Waals surface area contributed by atoms with Crippen LogP contribution in [0.1, 0.15) is 5.69 Å². The summed E-state index contributed by atoms with van der Waals surface area (Å²) in [6.45, 7) is 0. The number of pyridine rings is 1. The number of hydrogen-bond acceptors (Lipinski definition) is 5. The molecule has 1 aromatic carbocycles. The number of hydrogen-bond donors (Lipinski definition) is 2. The SMILES string of the molecule is Nc1cnccc1SCc1nc2ccccc2[nH]c1=O. The molecule has 0 radical (unpaired) electrons. The highest BCUT2D eigenvalue weighted by atomic mass is 32.2. The highest BCUT2D eigenvalue weighted by molar-refractivity contribution is 7.98. The molecule has 0 bridgehead atoms. The molecular formula is C14H12N4OS. The Kier molecular flexibility index (Phi) is 3.39. The lowest BCUT2D eigenvalue weighted by Crippen LogP contribution is -2.14. The Morgan fingerprint density at radius 2 is 2.10 bits per heavy atom. The van der Waals surface area contributed by atoms with E-state index in [0.29, 0.717) is 17.1 Å². The third-order valence-corrected chi connectivity index (χ3v) is 3.94. The molecule has 100 valence electrons. The summed E-state index contributed by atoms with van der Waals surface area (Å²) < 4.78 is 0. The minimum Gasteiger partial charge on any atom is -0.397 e. The number of nitrogen functional groups attached to an aromatic ring is 1. The summed E-state index contributed by atoms with van der Waals surface area (Å²) in [6.07, 6.45) is 3.27. The lowest BCUT2D eigenvalue weighted by molar-refractivity contribution is 1.10. The smallest absolute Gasteiger partial charge is 0.271 e. The van der Waals surface area contributed by atoms with E-state index < -0.39 is 0 Å². The molecule has 5 nitrogen and oxygen atoms in total. The largest absolute Gasteiger partial charge is 0.397 e. The normalized spacial score (nSPS) is 10.8. The molecular weight excluding hydrogens is 272 g/mol. The van der Waals surface area contributed by atoms with Gasteiger partial charge in [0.1, 0.15) is 5.69 Å². The molecule has 0 fully saturated rings. The Labute approximate surface area is 119 Å². The summed E-state index contributed by atoms with van der Waals surface area (Å²) in [5, 5.41) is 0. The minimum atomic E-state index is -0.163. The third kappa shape index (κ3) is 2.50. The van der Waals surface area contributed by atoms with E-state index in [1.54, 1.807) is 12.4 Å². The second kappa shape index (κ2) is 5.34. The Morgan fingerprint density at radius 3 is 2.95 bits per heavy atom. The first-order valence-corrected chi connectivity index (χ1v) is 7.03. The number of benzene rings is 1. The van der Waals surface area contributed by atoms with E-state index >= 15 is 0 Å². The average Bonchev–Trinajstić information content (AvgIpc) is 2.46. The zero-order chi connectivity index (χ0) is 13.9. The first-order valence-electron chi connectivity index (χ1n) is 6.04. The van der Waals surface area contributed by atoms with Crippen molar-refractivity contribution in [3.05, 3.63) is 58.8 Å². The molecule has 0 saturated heterocycles. The van der Waals surface area contributed by atoms with Crippen LogP contribution in [0.5, 0.6) is 0 Å². The highest BCUT2D eigenvalue weighted by Crippen LogP contribution is 2.25. The number of para-hydroxylation sites is 2. The van der Waals surface area contributed by atoms with Gasteiger partial charge in [0.05, 0.1) is 22.9 Å². The zero-order valence-electron chi connectivity index (χ0n) is 10.5. The number of aromatic nitrogens is 3. The molecule has 0 aliphatic heterocycles. The van der Waals surface area contributed by atoms with Gasteiger partial charge in [-0.15, -0.1) is 11.8 Å². The molecule has 0 aliphatic carbocycles. The molecule has 0 atom stereocenters. The number of anilines is 1. The summed E-state index contributed by atoms with van der Waals surface area (Å²) in [6, 6.07) is 9.30. The van der Waals surface area contributed by atoms with Crippen molar-refractivity contribution in [3.63, 3.8) is 0 Å². The van der Waals surface area contributed by atoms with Crippen LogP contribution >= 0.6 is 11.8 Å². The van der Waals surface area contributed by atoms with Crippen LogP contribution in [0.15, 0.2) is 52.4 Å². The van der Waals surface area contributed by atoms with E-state index in [2.05, 4.69) is 15.0 Å². The van der Waals surface area contributed by atoms with Crippen molar-refractivity contribution < 1.29 is 0 Å². The second-order valence-electron chi connectivity index (χ2n) is 4.23. The van der Waals surface area contributed by atoms with Crippen molar-refractivity contribution >= 4 is 28.5 Å². The molecule has 3 N–H and O–H groups in total. The summed E-state index contributed by atoms with van der Waals surface area (Å²) in [7, 11) is 0. The van der Waals surface area contributed by atoms with Crippen molar-refractivity contribution in [1.82, 2.24) is 15.0 Å². The van der Waals surface area contributed by atoms with Crippen LogP contribution in [-0.4, -0.2) is 15.0 Å². The zero-order valence-corrected chi connectivity index (χ0v) is 11.4. The molecule has 2 aromatic heterocycles. The van der Waals surface area contributed by atoms with Gasteiger partial charge in [0.2, 0.25) is 0 Å². The van der Waals surface area contributed by atoms with Gasteiger partial charge < -0.3 is 10.7 Å². The summed E-state index contributed by atoms with van der Waals surface area (Å²) in [4.78, 5) is 24.0. The third-order valence-electron chi connectivity index (χ3n) is 2.84. The standard InChI is InChI=1S/C14H12N4OS/c15-9-7-16-6-5-13(9)20-8-12-14(19)18-11-4-2-1-3-10(11)17-12/h1-7H,8,15H2,(H,18,19). The molecule has 3 aromatic rings. The summed E-state index contributed by atoms with van der Waals surface area (Å²) >= 11 is 1.48. The maximum absolute atomic E-state index is 12.0. The fraction of sp³-hybridized carbons (Fsp3) is 0.0714. The monoisotopic (exact) mass is 284 g/mol. The van der Waals surface area contributed by atoms with Gasteiger partial charge in [-0.3, -0.25) is 9.78 Å². The van der Waals surface area contributed by atoms with E-state index in [-0.39, 0.29) is 5.56 Å². The number of aromatic amines is 1. The number of nitrogens with two attached hydrogens (primary N) is 1. The second-order valence-corrected chi connectivity index (χ2v) is 5.25. The Bertz CT molecular complexity index is 815. The van der Waals surface area contributed by atoms with Crippen molar-refractivity contribution in [2.45, 2.75) is 10.6 Å². The Hall–Kier alpha value is -2.34. The quantitative estimate of drug-likeness (QED) is 0.720. The summed E-state index contributed by atoms with van der Waals surface area (Å²) in [5.74, 6) is 0.467. The van der Waals surface area contributed by atoms with Gasteiger partial charge in [-0.1, -0.05) is 12.1 Å². The highest BCUT2D eigenvalue weighted by Gasteiger charge is 2.06. The lowest BCUT2D eigenvalue weighted by Gasteiger charge is -2.04. The number of nitrogens with one attached hydrogen (secondary N) is 1. The van der Waals surface area contributed by atoms with Gasteiger partial charge in [0.25, 0.3) is 5.56 Å². The van der Waals surface area contributed by atoms with E-state index in [1.165, 1.54) is 11.8 Å². The van der Waals surface area contributed by atoms with Gasteiger partial charge in [0, 0.05) is 16.8 Å². The predicted octanol–water partition coefficient (Wildman–Crippen LogP) is 2.19. The molecule has 20 heavy (non-hydrogen) atoms. The van der Waals surface area contributed by atoms with Gasteiger partial charge in [-0.05, 0) is 18.2 Å². The van der Waals surface area contributed by atoms with E-state index in [4.69, 9.17) is 5.73 Å². The first-order chi connectivity index (χ1) is 9.74. The number of thioether (sulfide) groups is 1. The summed E-state index contributed by atoms with van der Waals surface area (Å²) in [5.41, 5.74) is 8.29. The van der Waals surface area contributed by atoms with Crippen LogP contribution in [-0.2, 0) is 5.75 Å². The number of nitrogens with zero attached hydrogens (tertiary/aromatic N) is 2. The number of fused-ring (bicyclic) bond motifs is 1. The fourth-order valence-corrected chi connectivity index (χ4v) is 2.70. The molecule has 3 rings (SSSR count). The van der Waals surface area contributed by atoms with E-state index in [9.17, 15) is 4.79 Å². The molecule has 0 spiro atoms. The lowest BCUT2D eigenvalue weighted by atomic mass is 10.3. The Balaban J connectivity index is 1.89. The van der Waals surface area contributed by atoms with Crippen molar-refractivity contribution in [2.24, 2.45) is 0 Å². The molecule has 2 heterocycles. The van der Waals surface area contributed by atoms with Crippen molar-refractivity contribution in [2.75, 3.05) is 5.73 Å². The van der Waals surface area contributed by atoms with Crippen LogP contribution < -0.4 is 11.3 Å². The van der Waals surface area contributed by atoms with Gasteiger partial charge in [-0.2, -0.15) is 0 Å². The minimum absolute atomic E-state index is 0.163. The Morgan fingerprint density at radius 1 is 1.25 bits per heavy atom. The maximum atomic E-state index is 12.0. The van der Waals surface area contributed by atoms with Gasteiger partial charge in [0.15, 0.2) is 0 Å². The van der Waals surface area contributed by atoms with Crippen LogP contribution in [0.25, 0.3) is 11.0 Å². The maximum Gasteiger partial charge on any atom is 0.271 e. The molecule has 6 heteroatoms. The van der Waals surface area contributed by atoms with Crippen LogP contribution in [0.3, 0.4) is 0 Å². The number of H-pyrrole nitrogens is 1. The fourth-order valence-electron chi connectivity index (χ4n) is 1.84. The molecule has 0 saturated carbocycles. The molecule has 0 unspecified atom stereocenters. The molecule has 0 amide bonds. The van der Waals surface area contributed by atoms with Gasteiger partial charge >= 0.3 is 0 Å². The van der Waals surface area contributed by atoms with Crippen molar-refractivity contribution in [1.29, 1.82) is 0 Å².